The maximum atomic E-state index is 9.50. The lowest BCUT2D eigenvalue weighted by Gasteiger charge is -2.32. The Morgan fingerprint density at radius 1 is 1.35 bits per heavy atom. The maximum absolute atomic E-state index is 9.50. The molecule has 0 spiro atoms. The minimum Gasteiger partial charge on any atom is -0.496 e. The van der Waals surface area contributed by atoms with Gasteiger partial charge in [-0.3, -0.25) is 0 Å². The molecule has 0 bridgehead atoms. The Bertz CT molecular complexity index is 442. The number of nitriles is 1. The number of methoxy groups -OCH3 is 1. The minimum atomic E-state index is -0.317. The van der Waals surface area contributed by atoms with Gasteiger partial charge in [0.2, 0.25) is 0 Å². The predicted molar refractivity (Wildman–Crippen MR) is 67.1 cm³/mol. The molecule has 1 fully saturated rings. The molecule has 1 aliphatic rings. The van der Waals surface area contributed by atoms with Gasteiger partial charge in [-0.05, 0) is 50.0 Å². The fourth-order valence-corrected chi connectivity index (χ4v) is 2.49. The van der Waals surface area contributed by atoms with Gasteiger partial charge in [0.05, 0.1) is 18.6 Å². The molecule has 1 aliphatic heterocycles. The molecule has 0 radical (unpaired) electrons. The molecular weight excluding hydrogens is 212 g/mol. The molecule has 90 valence electrons. The number of rotatable bonds is 2. The Morgan fingerprint density at radius 2 is 2.06 bits per heavy atom. The standard InChI is InChI=1S/C14H18N2O/c1-11-9-12(3-4-13(11)17-2)14(10-15)5-7-16-8-6-14/h3-4,9,16H,5-8H2,1-2H3. The first kappa shape index (κ1) is 11.9. The Kier molecular flexibility index (Phi) is 3.35. The highest BCUT2D eigenvalue weighted by molar-refractivity contribution is 5.42. The summed E-state index contributed by atoms with van der Waals surface area (Å²) in [5, 5.41) is 12.8. The van der Waals surface area contributed by atoms with E-state index >= 15 is 0 Å². The van der Waals surface area contributed by atoms with Gasteiger partial charge in [0, 0.05) is 0 Å². The van der Waals surface area contributed by atoms with E-state index in [4.69, 9.17) is 4.74 Å². The van der Waals surface area contributed by atoms with Crippen LogP contribution in [0.3, 0.4) is 0 Å². The van der Waals surface area contributed by atoms with Gasteiger partial charge in [0.1, 0.15) is 5.75 Å². The van der Waals surface area contributed by atoms with Crippen molar-refractivity contribution in [1.29, 1.82) is 5.26 Å². The zero-order valence-corrected chi connectivity index (χ0v) is 10.4. The summed E-state index contributed by atoms with van der Waals surface area (Å²) >= 11 is 0. The monoisotopic (exact) mass is 230 g/mol. The van der Waals surface area contributed by atoms with Crippen molar-refractivity contribution in [2.24, 2.45) is 0 Å². The van der Waals surface area contributed by atoms with Crippen molar-refractivity contribution in [3.8, 4) is 11.8 Å². The van der Waals surface area contributed by atoms with Gasteiger partial charge in [0.25, 0.3) is 0 Å². The smallest absolute Gasteiger partial charge is 0.121 e. The van der Waals surface area contributed by atoms with Crippen LogP contribution in [0.4, 0.5) is 0 Å². The molecule has 3 nitrogen and oxygen atoms in total. The highest BCUT2D eigenvalue weighted by atomic mass is 16.5. The largest absolute Gasteiger partial charge is 0.496 e. The quantitative estimate of drug-likeness (QED) is 0.846. The lowest BCUT2D eigenvalue weighted by molar-refractivity contribution is 0.380. The van der Waals surface area contributed by atoms with Crippen LogP contribution in [0.25, 0.3) is 0 Å². The average molecular weight is 230 g/mol. The molecule has 0 aliphatic carbocycles. The van der Waals surface area contributed by atoms with E-state index in [-0.39, 0.29) is 5.41 Å². The van der Waals surface area contributed by atoms with E-state index < -0.39 is 0 Å². The number of ether oxygens (including phenoxy) is 1. The van der Waals surface area contributed by atoms with Gasteiger partial charge < -0.3 is 10.1 Å². The molecule has 17 heavy (non-hydrogen) atoms. The summed E-state index contributed by atoms with van der Waals surface area (Å²) in [4.78, 5) is 0. The van der Waals surface area contributed by atoms with Gasteiger partial charge in [-0.2, -0.15) is 5.26 Å². The molecule has 1 aromatic rings. The van der Waals surface area contributed by atoms with Crippen LogP contribution in [0.1, 0.15) is 24.0 Å². The Hall–Kier alpha value is -1.53. The molecule has 0 amide bonds. The average Bonchev–Trinajstić information content (AvgIpc) is 2.39. The topological polar surface area (TPSA) is 45.0 Å². The normalized spacial score (nSPS) is 18.4. The van der Waals surface area contributed by atoms with Crippen LogP contribution in [0.2, 0.25) is 0 Å². The van der Waals surface area contributed by atoms with Crippen LogP contribution in [-0.2, 0) is 5.41 Å². The first-order chi connectivity index (χ1) is 8.22. The fraction of sp³-hybridized carbons (Fsp3) is 0.500. The number of nitrogens with one attached hydrogen (secondary N) is 1. The molecule has 0 saturated carbocycles. The molecule has 3 heteroatoms. The van der Waals surface area contributed by atoms with Crippen molar-refractivity contribution in [2.75, 3.05) is 20.2 Å². The van der Waals surface area contributed by atoms with Crippen LogP contribution in [-0.4, -0.2) is 20.2 Å². The molecule has 2 rings (SSSR count). The zero-order valence-electron chi connectivity index (χ0n) is 10.4. The lowest BCUT2D eigenvalue weighted by atomic mass is 9.74. The second kappa shape index (κ2) is 4.77. The number of aryl methyl sites for hydroxylation is 1. The second-order valence-electron chi connectivity index (χ2n) is 4.63. The van der Waals surface area contributed by atoms with Crippen molar-refractivity contribution in [3.05, 3.63) is 29.3 Å². The van der Waals surface area contributed by atoms with E-state index in [2.05, 4.69) is 17.5 Å². The van der Waals surface area contributed by atoms with Crippen LogP contribution < -0.4 is 10.1 Å². The van der Waals surface area contributed by atoms with Gasteiger partial charge in [0.15, 0.2) is 0 Å². The third kappa shape index (κ3) is 2.13. The summed E-state index contributed by atoms with van der Waals surface area (Å²) in [6.07, 6.45) is 1.77. The molecule has 0 unspecified atom stereocenters. The van der Waals surface area contributed by atoms with E-state index in [1.54, 1.807) is 7.11 Å². The van der Waals surface area contributed by atoms with E-state index in [1.807, 2.05) is 19.1 Å². The Balaban J connectivity index is 2.38. The summed E-state index contributed by atoms with van der Waals surface area (Å²) in [6, 6.07) is 8.60. The number of benzene rings is 1. The van der Waals surface area contributed by atoms with E-state index in [0.717, 1.165) is 42.8 Å². The Morgan fingerprint density at radius 3 is 2.59 bits per heavy atom. The van der Waals surface area contributed by atoms with Crippen LogP contribution in [0, 0.1) is 18.3 Å². The minimum absolute atomic E-state index is 0.317. The summed E-state index contributed by atoms with van der Waals surface area (Å²) < 4.78 is 5.26. The molecule has 1 aromatic carbocycles. The van der Waals surface area contributed by atoms with Crippen LogP contribution in [0.15, 0.2) is 18.2 Å². The second-order valence-corrected chi connectivity index (χ2v) is 4.63. The SMILES string of the molecule is COc1ccc(C2(C#N)CCNCC2)cc1C. The molecule has 1 saturated heterocycles. The van der Waals surface area contributed by atoms with Crippen molar-refractivity contribution in [1.82, 2.24) is 5.32 Å². The highest BCUT2D eigenvalue weighted by Gasteiger charge is 2.34. The molecular formula is C14H18N2O. The molecule has 1 heterocycles. The van der Waals surface area contributed by atoms with Crippen molar-refractivity contribution in [2.45, 2.75) is 25.2 Å². The van der Waals surface area contributed by atoms with E-state index in [1.165, 1.54) is 0 Å². The first-order valence-corrected chi connectivity index (χ1v) is 5.99. The van der Waals surface area contributed by atoms with Crippen LogP contribution in [0.5, 0.6) is 5.75 Å². The van der Waals surface area contributed by atoms with Gasteiger partial charge in [-0.1, -0.05) is 12.1 Å². The van der Waals surface area contributed by atoms with Crippen molar-refractivity contribution < 1.29 is 4.74 Å². The van der Waals surface area contributed by atoms with Gasteiger partial charge in [-0.15, -0.1) is 0 Å². The Labute approximate surface area is 102 Å². The molecule has 0 atom stereocenters. The summed E-state index contributed by atoms with van der Waals surface area (Å²) in [5.74, 6) is 0.885. The van der Waals surface area contributed by atoms with Gasteiger partial charge in [-0.25, -0.2) is 0 Å². The highest BCUT2D eigenvalue weighted by Crippen LogP contribution is 2.34. The van der Waals surface area contributed by atoms with Crippen molar-refractivity contribution in [3.63, 3.8) is 0 Å². The van der Waals surface area contributed by atoms with Crippen molar-refractivity contribution >= 4 is 0 Å². The van der Waals surface area contributed by atoms with E-state index in [0.29, 0.717) is 0 Å². The zero-order chi connectivity index (χ0) is 12.3. The first-order valence-electron chi connectivity index (χ1n) is 5.99. The van der Waals surface area contributed by atoms with Crippen LogP contribution >= 0.6 is 0 Å². The third-order valence-corrected chi connectivity index (χ3v) is 3.62. The summed E-state index contributed by atoms with van der Waals surface area (Å²) in [6.45, 7) is 3.85. The predicted octanol–water partition coefficient (Wildman–Crippen LogP) is 2.15. The summed E-state index contributed by atoms with van der Waals surface area (Å²) in [7, 11) is 1.67. The van der Waals surface area contributed by atoms with Gasteiger partial charge >= 0.3 is 0 Å². The lowest BCUT2D eigenvalue weighted by Crippen LogP contribution is -2.38. The molecule has 1 N–H and O–H groups in total. The summed E-state index contributed by atoms with van der Waals surface area (Å²) in [5.41, 5.74) is 1.90. The maximum Gasteiger partial charge on any atom is 0.121 e. The molecule has 0 aromatic heterocycles. The number of piperidine rings is 1. The van der Waals surface area contributed by atoms with E-state index in [9.17, 15) is 5.26 Å². The fourth-order valence-electron chi connectivity index (χ4n) is 2.49. The third-order valence-electron chi connectivity index (χ3n) is 3.62. The number of hydrogen-bond donors (Lipinski definition) is 1. The number of hydrogen-bond acceptors (Lipinski definition) is 3. The number of nitrogens with zero attached hydrogens (tertiary/aromatic N) is 1.